The number of aromatic amines is 1. The Morgan fingerprint density at radius 1 is 1.20 bits per heavy atom. The van der Waals surface area contributed by atoms with Crippen molar-refractivity contribution in [3.05, 3.63) is 52.6 Å². The summed E-state index contributed by atoms with van der Waals surface area (Å²) in [5, 5.41) is 9.90. The lowest BCUT2D eigenvalue weighted by Crippen LogP contribution is -2.06. The lowest BCUT2D eigenvalue weighted by atomic mass is 10.0. The quantitative estimate of drug-likeness (QED) is 0.741. The number of nitrogens with zero attached hydrogens (tertiary/aromatic N) is 2. The summed E-state index contributed by atoms with van der Waals surface area (Å²) in [5.74, 6) is -0.467. The number of benzene rings is 1. The van der Waals surface area contributed by atoms with Crippen LogP contribution in [-0.2, 0) is 0 Å². The standard InChI is InChI=1S/C13H9FN4O2/c14-8-4-2-1-3-7(8)11-12(18-20-13(11)15)9-5-6-10(19)17-16-9/h1-6H,15H2,(H,17,19). The van der Waals surface area contributed by atoms with Gasteiger partial charge in [-0.1, -0.05) is 23.4 Å². The highest BCUT2D eigenvalue weighted by molar-refractivity contribution is 5.85. The van der Waals surface area contributed by atoms with Gasteiger partial charge in [-0.15, -0.1) is 0 Å². The number of nitrogens with one attached hydrogen (secondary N) is 1. The molecule has 3 N–H and O–H groups in total. The molecule has 0 saturated carbocycles. The molecule has 2 aromatic heterocycles. The Balaban J connectivity index is 2.23. The van der Waals surface area contributed by atoms with E-state index in [1.807, 2.05) is 0 Å². The number of nitrogen functional groups attached to an aromatic ring is 1. The number of hydrogen-bond donors (Lipinski definition) is 2. The number of halogens is 1. The number of hydrogen-bond acceptors (Lipinski definition) is 5. The van der Waals surface area contributed by atoms with Gasteiger partial charge in [-0.3, -0.25) is 4.79 Å². The maximum Gasteiger partial charge on any atom is 0.264 e. The second-order valence-corrected chi connectivity index (χ2v) is 4.06. The summed E-state index contributed by atoms with van der Waals surface area (Å²) >= 11 is 0. The second kappa shape index (κ2) is 4.61. The highest BCUT2D eigenvalue weighted by Crippen LogP contribution is 2.36. The minimum absolute atomic E-state index is 0.0156. The van der Waals surface area contributed by atoms with E-state index in [0.29, 0.717) is 11.3 Å². The van der Waals surface area contributed by atoms with Gasteiger partial charge in [0.05, 0.1) is 5.56 Å². The van der Waals surface area contributed by atoms with E-state index in [9.17, 15) is 9.18 Å². The summed E-state index contributed by atoms with van der Waals surface area (Å²) in [6.45, 7) is 0. The van der Waals surface area contributed by atoms with Crippen molar-refractivity contribution in [1.82, 2.24) is 15.4 Å². The van der Waals surface area contributed by atoms with Crippen LogP contribution in [0.15, 0.2) is 45.7 Å². The average Bonchev–Trinajstić information content (AvgIpc) is 2.82. The van der Waals surface area contributed by atoms with Crippen molar-refractivity contribution < 1.29 is 8.91 Å². The molecule has 100 valence electrons. The fraction of sp³-hybridized carbons (Fsp3) is 0. The van der Waals surface area contributed by atoms with E-state index in [1.54, 1.807) is 18.2 Å². The zero-order valence-electron chi connectivity index (χ0n) is 10.1. The Kier molecular flexibility index (Phi) is 2.79. The molecule has 0 bridgehead atoms. The van der Waals surface area contributed by atoms with Crippen molar-refractivity contribution >= 4 is 5.88 Å². The molecule has 0 saturated heterocycles. The van der Waals surface area contributed by atoms with Crippen LogP contribution in [0.1, 0.15) is 0 Å². The molecule has 0 radical (unpaired) electrons. The molecule has 0 aliphatic heterocycles. The van der Waals surface area contributed by atoms with Crippen LogP contribution in [0.2, 0.25) is 0 Å². The maximum absolute atomic E-state index is 13.9. The summed E-state index contributed by atoms with van der Waals surface area (Å²) in [5.41, 5.74) is 6.54. The fourth-order valence-corrected chi connectivity index (χ4v) is 1.88. The lowest BCUT2D eigenvalue weighted by Gasteiger charge is -2.03. The third kappa shape index (κ3) is 1.95. The minimum Gasteiger partial charge on any atom is -0.367 e. The maximum atomic E-state index is 13.9. The summed E-state index contributed by atoms with van der Waals surface area (Å²) in [6, 6.07) is 8.87. The van der Waals surface area contributed by atoms with Gasteiger partial charge in [0.15, 0.2) is 0 Å². The van der Waals surface area contributed by atoms with Crippen LogP contribution in [0.4, 0.5) is 10.3 Å². The van der Waals surface area contributed by atoms with Gasteiger partial charge in [0.1, 0.15) is 17.2 Å². The van der Waals surface area contributed by atoms with Crippen molar-refractivity contribution in [3.8, 4) is 22.5 Å². The van der Waals surface area contributed by atoms with Crippen LogP contribution in [-0.4, -0.2) is 15.4 Å². The molecule has 7 heteroatoms. The largest absolute Gasteiger partial charge is 0.367 e. The Morgan fingerprint density at radius 3 is 2.70 bits per heavy atom. The van der Waals surface area contributed by atoms with Crippen LogP contribution in [0.25, 0.3) is 22.5 Å². The topological polar surface area (TPSA) is 97.8 Å². The van der Waals surface area contributed by atoms with E-state index >= 15 is 0 Å². The molecule has 3 aromatic rings. The predicted molar refractivity (Wildman–Crippen MR) is 70.2 cm³/mol. The first-order chi connectivity index (χ1) is 9.66. The van der Waals surface area contributed by atoms with E-state index in [-0.39, 0.29) is 22.7 Å². The Labute approximate surface area is 112 Å². The minimum atomic E-state index is -0.451. The van der Waals surface area contributed by atoms with Gasteiger partial charge in [-0.05, 0) is 12.1 Å². The van der Waals surface area contributed by atoms with Gasteiger partial charge in [0.2, 0.25) is 5.88 Å². The van der Waals surface area contributed by atoms with Crippen molar-refractivity contribution in [2.24, 2.45) is 0 Å². The molecule has 1 aromatic carbocycles. The molecule has 0 unspecified atom stereocenters. The normalized spacial score (nSPS) is 10.7. The molecule has 0 aliphatic rings. The van der Waals surface area contributed by atoms with Gasteiger partial charge < -0.3 is 10.3 Å². The van der Waals surface area contributed by atoms with E-state index < -0.39 is 5.82 Å². The molecule has 0 amide bonds. The fourth-order valence-electron chi connectivity index (χ4n) is 1.88. The first-order valence-corrected chi connectivity index (χ1v) is 5.73. The van der Waals surface area contributed by atoms with Gasteiger partial charge in [0, 0.05) is 11.6 Å². The van der Waals surface area contributed by atoms with E-state index in [4.69, 9.17) is 10.3 Å². The van der Waals surface area contributed by atoms with Gasteiger partial charge >= 0.3 is 0 Å². The van der Waals surface area contributed by atoms with Crippen LogP contribution >= 0.6 is 0 Å². The number of rotatable bonds is 2. The third-order valence-corrected chi connectivity index (χ3v) is 2.78. The molecule has 0 fully saturated rings. The van der Waals surface area contributed by atoms with E-state index in [2.05, 4.69) is 15.4 Å². The average molecular weight is 272 g/mol. The smallest absolute Gasteiger partial charge is 0.264 e. The van der Waals surface area contributed by atoms with Crippen molar-refractivity contribution in [1.29, 1.82) is 0 Å². The molecule has 0 spiro atoms. The molecule has 2 heterocycles. The van der Waals surface area contributed by atoms with Gasteiger partial charge in [-0.2, -0.15) is 5.10 Å². The summed E-state index contributed by atoms with van der Waals surface area (Å²) in [4.78, 5) is 11.0. The van der Waals surface area contributed by atoms with Crippen LogP contribution in [0.3, 0.4) is 0 Å². The number of H-pyrrole nitrogens is 1. The lowest BCUT2D eigenvalue weighted by molar-refractivity contribution is 0.439. The zero-order valence-corrected chi connectivity index (χ0v) is 10.1. The predicted octanol–water partition coefficient (Wildman–Crippen LogP) is 1.81. The highest BCUT2D eigenvalue weighted by atomic mass is 19.1. The molecule has 3 rings (SSSR count). The molecule has 0 atom stereocenters. The van der Waals surface area contributed by atoms with Crippen LogP contribution in [0, 0.1) is 5.82 Å². The summed E-state index contributed by atoms with van der Waals surface area (Å²) < 4.78 is 18.8. The third-order valence-electron chi connectivity index (χ3n) is 2.78. The molecule has 20 heavy (non-hydrogen) atoms. The van der Waals surface area contributed by atoms with E-state index in [1.165, 1.54) is 18.2 Å². The van der Waals surface area contributed by atoms with Gasteiger partial charge in [-0.25, -0.2) is 9.49 Å². The Hall–Kier alpha value is -2.96. The molecule has 6 nitrogen and oxygen atoms in total. The molecular formula is C13H9FN4O2. The first-order valence-electron chi connectivity index (χ1n) is 5.73. The van der Waals surface area contributed by atoms with Crippen molar-refractivity contribution in [3.63, 3.8) is 0 Å². The SMILES string of the molecule is Nc1onc(-c2ccc(=O)[nH]n2)c1-c1ccccc1F. The van der Waals surface area contributed by atoms with E-state index in [0.717, 1.165) is 0 Å². The monoisotopic (exact) mass is 272 g/mol. The van der Waals surface area contributed by atoms with Crippen LogP contribution < -0.4 is 11.3 Å². The summed E-state index contributed by atoms with van der Waals surface area (Å²) in [7, 11) is 0. The highest BCUT2D eigenvalue weighted by Gasteiger charge is 2.20. The van der Waals surface area contributed by atoms with Crippen LogP contribution in [0.5, 0.6) is 0 Å². The Morgan fingerprint density at radius 2 is 2.00 bits per heavy atom. The van der Waals surface area contributed by atoms with Crippen molar-refractivity contribution in [2.75, 3.05) is 5.73 Å². The Bertz CT molecular complexity index is 805. The zero-order chi connectivity index (χ0) is 14.1. The number of aromatic nitrogens is 3. The second-order valence-electron chi connectivity index (χ2n) is 4.06. The summed E-state index contributed by atoms with van der Waals surface area (Å²) in [6.07, 6.45) is 0. The first kappa shape index (κ1) is 12.1. The molecule has 0 aliphatic carbocycles. The number of anilines is 1. The molecular weight excluding hydrogens is 263 g/mol. The van der Waals surface area contributed by atoms with Gasteiger partial charge in [0.25, 0.3) is 5.56 Å². The number of nitrogens with two attached hydrogens (primary N) is 1. The van der Waals surface area contributed by atoms with Crippen molar-refractivity contribution in [2.45, 2.75) is 0 Å².